The number of hydrogen-bond donors (Lipinski definition) is 1. The highest BCUT2D eigenvalue weighted by molar-refractivity contribution is 7.98. The Morgan fingerprint density at radius 1 is 1.14 bits per heavy atom. The average Bonchev–Trinajstić information content (AvgIpc) is 3.15. The van der Waals surface area contributed by atoms with Gasteiger partial charge in [-0.3, -0.25) is 4.99 Å². The van der Waals surface area contributed by atoms with E-state index in [4.69, 9.17) is 10.5 Å². The van der Waals surface area contributed by atoms with Crippen LogP contribution in [0, 0.1) is 0 Å². The van der Waals surface area contributed by atoms with Crippen molar-refractivity contribution in [3.63, 3.8) is 0 Å². The molecular formula is C21H27N5OS. The number of nitrogens with two attached hydrogens (primary N) is 1. The standard InChI is InChI=1S/C21H27N5OS/c1-2-19-18-7-6-17(15-20(18)24-19)27-13-5-3-4-10-25-11-12-26(28-25)16-8-9-23-21(22)14-16/h6-9,14-15H,2-5,10-13H2,1H3,(H2,22,23). The van der Waals surface area contributed by atoms with Gasteiger partial charge < -0.3 is 14.8 Å². The molecule has 2 N–H and O–H groups in total. The number of benzene rings is 1. The number of unbranched alkanes of at least 4 members (excludes halogenated alkanes) is 2. The normalized spacial score (nSPS) is 15.9. The number of hydrogen-bond acceptors (Lipinski definition) is 7. The van der Waals surface area contributed by atoms with Crippen LogP contribution >= 0.6 is 12.1 Å². The Bertz CT molecular complexity index is 856. The first-order chi connectivity index (χ1) is 13.7. The van der Waals surface area contributed by atoms with E-state index in [0.717, 1.165) is 56.2 Å². The Hall–Kier alpha value is -2.25. The van der Waals surface area contributed by atoms with Crippen LogP contribution in [0.5, 0.6) is 5.75 Å². The molecule has 1 saturated heterocycles. The lowest BCUT2D eigenvalue weighted by atomic mass is 10.00. The molecule has 4 rings (SSSR count). The molecule has 2 aliphatic heterocycles. The molecule has 2 aliphatic rings. The van der Waals surface area contributed by atoms with Crippen molar-refractivity contribution < 1.29 is 4.74 Å². The quantitative estimate of drug-likeness (QED) is 0.498. The van der Waals surface area contributed by atoms with Gasteiger partial charge in [-0.15, -0.1) is 0 Å². The second kappa shape index (κ2) is 8.84. The molecule has 1 aromatic heterocycles. The maximum atomic E-state index is 5.89. The molecule has 1 aromatic carbocycles. The summed E-state index contributed by atoms with van der Waals surface area (Å²) in [5, 5.41) is 0. The predicted molar refractivity (Wildman–Crippen MR) is 117 cm³/mol. The Balaban J connectivity index is 1.11. The highest BCUT2D eigenvalue weighted by Crippen LogP contribution is 2.34. The zero-order valence-electron chi connectivity index (χ0n) is 16.3. The molecule has 0 amide bonds. The van der Waals surface area contributed by atoms with Crippen molar-refractivity contribution in [1.29, 1.82) is 0 Å². The van der Waals surface area contributed by atoms with Crippen molar-refractivity contribution >= 4 is 35.0 Å². The molecule has 0 saturated carbocycles. The highest BCUT2D eigenvalue weighted by Gasteiger charge is 2.21. The lowest BCUT2D eigenvalue weighted by Crippen LogP contribution is -2.14. The first kappa shape index (κ1) is 19.1. The first-order valence-corrected chi connectivity index (χ1v) is 10.7. The Morgan fingerprint density at radius 2 is 2.07 bits per heavy atom. The van der Waals surface area contributed by atoms with E-state index in [9.17, 15) is 0 Å². The van der Waals surface area contributed by atoms with E-state index in [1.807, 2.05) is 12.1 Å². The molecule has 0 radical (unpaired) electrons. The summed E-state index contributed by atoms with van der Waals surface area (Å²) in [5.74, 6) is 1.50. The van der Waals surface area contributed by atoms with Gasteiger partial charge >= 0.3 is 0 Å². The van der Waals surface area contributed by atoms with E-state index >= 15 is 0 Å². The number of fused-ring (bicyclic) bond motifs is 1. The van der Waals surface area contributed by atoms with Crippen LogP contribution in [0.2, 0.25) is 0 Å². The Labute approximate surface area is 171 Å². The third kappa shape index (κ3) is 4.42. The van der Waals surface area contributed by atoms with Gasteiger partial charge in [0.1, 0.15) is 11.6 Å². The minimum atomic E-state index is 0.571. The Kier molecular flexibility index (Phi) is 6.02. The van der Waals surface area contributed by atoms with Gasteiger partial charge in [0.05, 0.1) is 23.7 Å². The summed E-state index contributed by atoms with van der Waals surface area (Å²) in [4.78, 5) is 8.57. The minimum absolute atomic E-state index is 0.571. The van der Waals surface area contributed by atoms with E-state index in [2.05, 4.69) is 43.7 Å². The third-order valence-corrected chi connectivity index (χ3v) is 6.20. The predicted octanol–water partition coefficient (Wildman–Crippen LogP) is 4.44. The van der Waals surface area contributed by atoms with Crippen molar-refractivity contribution in [1.82, 2.24) is 9.29 Å². The number of pyridine rings is 1. The minimum Gasteiger partial charge on any atom is -0.494 e. The molecule has 0 spiro atoms. The zero-order valence-corrected chi connectivity index (χ0v) is 17.1. The summed E-state index contributed by atoms with van der Waals surface area (Å²) >= 11 is 1.78. The second-order valence-corrected chi connectivity index (χ2v) is 8.17. The van der Waals surface area contributed by atoms with E-state index in [1.165, 1.54) is 24.1 Å². The van der Waals surface area contributed by atoms with E-state index in [0.29, 0.717) is 5.82 Å². The molecule has 0 bridgehead atoms. The zero-order chi connectivity index (χ0) is 19.3. The fourth-order valence-corrected chi connectivity index (χ4v) is 4.48. The molecule has 0 atom stereocenters. The van der Waals surface area contributed by atoms with Crippen LogP contribution in [-0.2, 0) is 0 Å². The van der Waals surface area contributed by atoms with Gasteiger partial charge in [-0.05, 0) is 43.9 Å². The summed E-state index contributed by atoms with van der Waals surface area (Å²) in [6.45, 7) is 6.07. The summed E-state index contributed by atoms with van der Waals surface area (Å²) in [6.07, 6.45) is 6.18. The molecule has 3 heterocycles. The van der Waals surface area contributed by atoms with Crippen LogP contribution in [0.4, 0.5) is 17.2 Å². The fourth-order valence-electron chi connectivity index (χ4n) is 3.46. The smallest absolute Gasteiger partial charge is 0.125 e. The van der Waals surface area contributed by atoms with E-state index in [1.54, 1.807) is 18.3 Å². The molecule has 7 heteroatoms. The van der Waals surface area contributed by atoms with E-state index < -0.39 is 0 Å². The topological polar surface area (TPSA) is 67.0 Å². The van der Waals surface area contributed by atoms with Crippen LogP contribution < -0.4 is 14.8 Å². The van der Waals surface area contributed by atoms with Crippen molar-refractivity contribution in [3.05, 3.63) is 42.1 Å². The highest BCUT2D eigenvalue weighted by atomic mass is 32.2. The van der Waals surface area contributed by atoms with Gasteiger partial charge in [-0.25, -0.2) is 9.29 Å². The summed E-state index contributed by atoms with van der Waals surface area (Å²) in [6, 6.07) is 10.2. The molecule has 6 nitrogen and oxygen atoms in total. The molecule has 2 aromatic rings. The number of nitrogen functional groups attached to an aromatic ring is 1. The molecule has 0 unspecified atom stereocenters. The Morgan fingerprint density at radius 3 is 2.89 bits per heavy atom. The van der Waals surface area contributed by atoms with Crippen molar-refractivity contribution in [2.24, 2.45) is 4.99 Å². The number of anilines is 2. The SMILES string of the molecule is CCC1=Nc2cc(OCCCCCN3CCN(c4ccnc(N)c4)S3)ccc21. The summed E-state index contributed by atoms with van der Waals surface area (Å²) < 4.78 is 10.6. The van der Waals surface area contributed by atoms with Crippen molar-refractivity contribution in [2.75, 3.05) is 36.3 Å². The van der Waals surface area contributed by atoms with Crippen LogP contribution in [0.1, 0.15) is 38.2 Å². The average molecular weight is 398 g/mol. The van der Waals surface area contributed by atoms with Gasteiger partial charge in [0.15, 0.2) is 0 Å². The fraction of sp³-hybridized carbons (Fsp3) is 0.429. The molecule has 148 valence electrons. The van der Waals surface area contributed by atoms with Gasteiger partial charge in [0.2, 0.25) is 0 Å². The van der Waals surface area contributed by atoms with Gasteiger partial charge in [-0.2, -0.15) is 0 Å². The maximum Gasteiger partial charge on any atom is 0.125 e. The maximum absolute atomic E-state index is 5.89. The van der Waals surface area contributed by atoms with Gasteiger partial charge in [-0.1, -0.05) is 6.92 Å². The van der Waals surface area contributed by atoms with Crippen LogP contribution in [0.15, 0.2) is 41.5 Å². The monoisotopic (exact) mass is 397 g/mol. The molecule has 28 heavy (non-hydrogen) atoms. The summed E-state index contributed by atoms with van der Waals surface area (Å²) in [5.41, 5.74) is 10.5. The second-order valence-electron chi connectivity index (χ2n) is 7.05. The summed E-state index contributed by atoms with van der Waals surface area (Å²) in [7, 11) is 0. The van der Waals surface area contributed by atoms with Crippen LogP contribution in [0.25, 0.3) is 0 Å². The lowest BCUT2D eigenvalue weighted by Gasteiger charge is -2.18. The molecule has 0 aliphatic carbocycles. The number of nitrogens with zero attached hydrogens (tertiary/aromatic N) is 4. The van der Waals surface area contributed by atoms with Crippen molar-refractivity contribution in [3.8, 4) is 5.75 Å². The molecule has 1 fully saturated rings. The molecular weight excluding hydrogens is 370 g/mol. The van der Waals surface area contributed by atoms with Gasteiger partial charge in [0, 0.05) is 55.7 Å². The van der Waals surface area contributed by atoms with Gasteiger partial charge in [0.25, 0.3) is 0 Å². The number of aromatic nitrogens is 1. The van der Waals surface area contributed by atoms with Crippen LogP contribution in [0.3, 0.4) is 0 Å². The van der Waals surface area contributed by atoms with Crippen molar-refractivity contribution in [2.45, 2.75) is 32.6 Å². The van der Waals surface area contributed by atoms with E-state index in [-0.39, 0.29) is 0 Å². The number of rotatable bonds is 9. The number of ether oxygens (including phenoxy) is 1. The van der Waals surface area contributed by atoms with Crippen LogP contribution in [-0.4, -0.2) is 41.2 Å². The lowest BCUT2D eigenvalue weighted by molar-refractivity contribution is 0.303. The largest absolute Gasteiger partial charge is 0.494 e. The first-order valence-electron chi connectivity index (χ1n) is 10.00. The third-order valence-electron chi connectivity index (χ3n) is 5.01. The number of aliphatic imine (C=N–C) groups is 1.